The molecule has 0 atom stereocenters. The Morgan fingerprint density at radius 3 is 2.91 bits per heavy atom. The molecule has 0 unspecified atom stereocenters. The molecule has 23 heavy (non-hydrogen) atoms. The highest BCUT2D eigenvalue weighted by Crippen LogP contribution is 2.33. The minimum absolute atomic E-state index is 0.0396. The highest BCUT2D eigenvalue weighted by atomic mass is 79.9. The summed E-state index contributed by atoms with van der Waals surface area (Å²) in [6, 6.07) is 11.7. The van der Waals surface area contributed by atoms with Gasteiger partial charge in [0, 0.05) is 22.7 Å². The van der Waals surface area contributed by atoms with E-state index in [2.05, 4.69) is 15.9 Å². The van der Waals surface area contributed by atoms with Crippen molar-refractivity contribution in [3.8, 4) is 11.3 Å². The molecule has 1 aliphatic heterocycles. The van der Waals surface area contributed by atoms with Gasteiger partial charge in [-0.05, 0) is 30.7 Å². The molecule has 1 fully saturated rings. The predicted octanol–water partition coefficient (Wildman–Crippen LogP) is 5.32. The molecule has 1 aromatic heterocycles. The molecule has 0 aliphatic carbocycles. The molecule has 0 N–H and O–H groups in total. The number of carbonyl (C=O) groups excluding carboxylic acids is 1. The molecule has 3 nitrogen and oxygen atoms in total. The van der Waals surface area contributed by atoms with Crippen molar-refractivity contribution in [3.63, 3.8) is 0 Å². The summed E-state index contributed by atoms with van der Waals surface area (Å²) in [6.45, 7) is 2.68. The van der Waals surface area contributed by atoms with Crippen LogP contribution >= 0.6 is 39.9 Å². The van der Waals surface area contributed by atoms with Gasteiger partial charge in [0.1, 0.15) is 15.8 Å². The average molecular weight is 408 g/mol. The summed E-state index contributed by atoms with van der Waals surface area (Å²) < 4.78 is 7.45. The third-order valence-corrected chi connectivity index (χ3v) is 5.20. The van der Waals surface area contributed by atoms with Gasteiger partial charge in [-0.15, -0.1) is 0 Å². The summed E-state index contributed by atoms with van der Waals surface area (Å²) in [4.78, 5) is 14.6. The number of furan rings is 1. The third-order valence-electron chi connectivity index (χ3n) is 3.33. The van der Waals surface area contributed by atoms with Crippen molar-refractivity contribution in [2.45, 2.75) is 13.3 Å². The fraction of sp³-hybridized carbons (Fsp3) is 0.176. The molecular weight excluding hydrogens is 394 g/mol. The van der Waals surface area contributed by atoms with Crippen LogP contribution in [0.3, 0.4) is 0 Å². The number of hydrogen-bond acceptors (Lipinski definition) is 4. The summed E-state index contributed by atoms with van der Waals surface area (Å²) in [7, 11) is 0. The zero-order valence-corrected chi connectivity index (χ0v) is 15.6. The Bertz CT molecular complexity index is 797. The van der Waals surface area contributed by atoms with E-state index in [1.165, 1.54) is 11.8 Å². The molecule has 1 aliphatic rings. The van der Waals surface area contributed by atoms with Crippen molar-refractivity contribution in [2.75, 3.05) is 6.54 Å². The highest BCUT2D eigenvalue weighted by Gasteiger charge is 2.31. The lowest BCUT2D eigenvalue weighted by Gasteiger charge is -2.11. The third kappa shape index (κ3) is 3.59. The number of hydrogen-bond donors (Lipinski definition) is 0. The molecule has 1 amide bonds. The summed E-state index contributed by atoms with van der Waals surface area (Å²) in [6.07, 6.45) is 2.64. The van der Waals surface area contributed by atoms with E-state index in [-0.39, 0.29) is 5.91 Å². The fourth-order valence-corrected chi connectivity index (χ4v) is 3.96. The Labute approximate surface area is 152 Å². The lowest BCUT2D eigenvalue weighted by Crippen LogP contribution is -2.28. The van der Waals surface area contributed by atoms with Gasteiger partial charge in [0.25, 0.3) is 5.91 Å². The van der Waals surface area contributed by atoms with E-state index in [0.717, 1.165) is 22.2 Å². The molecule has 6 heteroatoms. The number of thioether (sulfide) groups is 1. The summed E-state index contributed by atoms with van der Waals surface area (Å²) in [5, 5.41) is 0. The second-order valence-electron chi connectivity index (χ2n) is 5.05. The van der Waals surface area contributed by atoms with Gasteiger partial charge in [-0.3, -0.25) is 9.69 Å². The first-order valence-corrected chi connectivity index (χ1v) is 9.21. The van der Waals surface area contributed by atoms with Crippen molar-refractivity contribution in [1.82, 2.24) is 4.90 Å². The Morgan fingerprint density at radius 2 is 2.17 bits per heavy atom. The predicted molar refractivity (Wildman–Crippen MR) is 102 cm³/mol. The van der Waals surface area contributed by atoms with E-state index in [1.807, 2.05) is 43.3 Å². The van der Waals surface area contributed by atoms with Gasteiger partial charge < -0.3 is 4.42 Å². The van der Waals surface area contributed by atoms with E-state index < -0.39 is 0 Å². The number of benzene rings is 1. The van der Waals surface area contributed by atoms with Crippen LogP contribution in [0.4, 0.5) is 0 Å². The van der Waals surface area contributed by atoms with Crippen LogP contribution in [0.25, 0.3) is 17.4 Å². The van der Waals surface area contributed by atoms with Gasteiger partial charge in [0.05, 0.1) is 4.91 Å². The summed E-state index contributed by atoms with van der Waals surface area (Å²) >= 11 is 10.0. The quantitative estimate of drug-likeness (QED) is 0.507. The van der Waals surface area contributed by atoms with Crippen molar-refractivity contribution in [1.29, 1.82) is 0 Å². The molecule has 0 bridgehead atoms. The second kappa shape index (κ2) is 7.03. The second-order valence-corrected chi connectivity index (χ2v) is 7.64. The maximum atomic E-state index is 12.3. The first-order chi connectivity index (χ1) is 11.1. The van der Waals surface area contributed by atoms with Crippen molar-refractivity contribution < 1.29 is 9.21 Å². The summed E-state index contributed by atoms with van der Waals surface area (Å²) in [5.74, 6) is 1.38. The molecule has 0 radical (unpaired) electrons. The van der Waals surface area contributed by atoms with Crippen LogP contribution in [0.2, 0.25) is 0 Å². The highest BCUT2D eigenvalue weighted by molar-refractivity contribution is 9.10. The number of nitrogens with zero attached hydrogens (tertiary/aromatic N) is 1. The van der Waals surface area contributed by atoms with Crippen molar-refractivity contribution in [3.05, 3.63) is 51.5 Å². The largest absolute Gasteiger partial charge is 0.457 e. The number of carbonyl (C=O) groups is 1. The standard InChI is InChI=1S/C17H14BrNO2S2/c1-2-8-19-16(20)15(23-17(19)22)10-13-6-7-14(21-13)11-4-3-5-12(18)9-11/h3-7,9-10H,2,8H2,1H3/b15-10-. The summed E-state index contributed by atoms with van der Waals surface area (Å²) in [5.41, 5.74) is 0.984. The number of rotatable bonds is 4. The maximum absolute atomic E-state index is 12.3. The molecule has 1 saturated heterocycles. The van der Waals surface area contributed by atoms with Crippen molar-refractivity contribution in [2.24, 2.45) is 0 Å². The van der Waals surface area contributed by atoms with Crippen LogP contribution < -0.4 is 0 Å². The van der Waals surface area contributed by atoms with Gasteiger partial charge >= 0.3 is 0 Å². The zero-order valence-electron chi connectivity index (χ0n) is 12.4. The van der Waals surface area contributed by atoms with Crippen molar-refractivity contribution >= 4 is 56.2 Å². The van der Waals surface area contributed by atoms with E-state index >= 15 is 0 Å². The molecule has 3 rings (SSSR count). The molecule has 2 heterocycles. The zero-order chi connectivity index (χ0) is 16.4. The SMILES string of the molecule is CCCN1C(=O)/C(=C/c2ccc(-c3cccc(Br)c3)o2)SC1=S. The average Bonchev–Trinajstić information content (AvgIpc) is 3.09. The van der Waals surface area contributed by atoms with E-state index in [0.29, 0.717) is 21.5 Å². The van der Waals surface area contributed by atoms with E-state index in [1.54, 1.807) is 11.0 Å². The Hall–Kier alpha value is -1.37. The maximum Gasteiger partial charge on any atom is 0.266 e. The van der Waals surface area contributed by atoms with Crippen LogP contribution in [0.5, 0.6) is 0 Å². The van der Waals surface area contributed by atoms with Crippen LogP contribution in [-0.2, 0) is 4.79 Å². The Balaban J connectivity index is 1.84. The fourth-order valence-electron chi connectivity index (χ4n) is 2.27. The Morgan fingerprint density at radius 1 is 1.35 bits per heavy atom. The molecule has 1 aromatic carbocycles. The molecule has 0 spiro atoms. The van der Waals surface area contributed by atoms with Crippen LogP contribution in [-0.4, -0.2) is 21.7 Å². The first kappa shape index (κ1) is 16.5. The smallest absolute Gasteiger partial charge is 0.266 e. The molecule has 118 valence electrons. The topological polar surface area (TPSA) is 33.5 Å². The molecule has 0 saturated carbocycles. The van der Waals surface area contributed by atoms with Gasteiger partial charge in [-0.1, -0.05) is 59.0 Å². The first-order valence-electron chi connectivity index (χ1n) is 7.19. The van der Waals surface area contributed by atoms with Crippen LogP contribution in [0, 0.1) is 0 Å². The lowest BCUT2D eigenvalue weighted by atomic mass is 10.2. The number of amides is 1. The van der Waals surface area contributed by atoms with Gasteiger partial charge in [0.2, 0.25) is 0 Å². The van der Waals surface area contributed by atoms with Crippen LogP contribution in [0.1, 0.15) is 19.1 Å². The minimum atomic E-state index is -0.0396. The van der Waals surface area contributed by atoms with Gasteiger partial charge in [-0.25, -0.2) is 0 Å². The number of halogens is 1. The normalized spacial score (nSPS) is 16.6. The van der Waals surface area contributed by atoms with E-state index in [9.17, 15) is 4.79 Å². The van der Waals surface area contributed by atoms with E-state index in [4.69, 9.17) is 16.6 Å². The Kier molecular flexibility index (Phi) is 5.04. The van der Waals surface area contributed by atoms with Gasteiger partial charge in [-0.2, -0.15) is 0 Å². The minimum Gasteiger partial charge on any atom is -0.457 e. The molecular formula is C17H14BrNO2S2. The lowest BCUT2D eigenvalue weighted by molar-refractivity contribution is -0.122. The monoisotopic (exact) mass is 407 g/mol. The molecule has 2 aromatic rings. The number of thiocarbonyl (C=S) groups is 1. The van der Waals surface area contributed by atoms with Crippen LogP contribution in [0.15, 0.2) is 50.2 Å². The van der Waals surface area contributed by atoms with Gasteiger partial charge in [0.15, 0.2) is 0 Å².